The second kappa shape index (κ2) is 11.2. The average Bonchev–Trinajstić information content (AvgIpc) is 3.18. The molecule has 2 amide bonds. The number of nitrogen functional groups attached to an aromatic ring is 1. The van der Waals surface area contributed by atoms with Gasteiger partial charge in [-0.25, -0.2) is 4.98 Å². The number of benzene rings is 1. The van der Waals surface area contributed by atoms with Crippen molar-refractivity contribution in [3.05, 3.63) is 65.5 Å². The van der Waals surface area contributed by atoms with Gasteiger partial charge in [-0.05, 0) is 35.2 Å². The van der Waals surface area contributed by atoms with Gasteiger partial charge in [-0.1, -0.05) is 18.2 Å². The molecule has 4 rings (SSSR count). The van der Waals surface area contributed by atoms with E-state index in [1.165, 1.54) is 6.08 Å². The zero-order valence-corrected chi connectivity index (χ0v) is 20.2. The Morgan fingerprint density at radius 1 is 1.23 bits per heavy atom. The minimum Gasteiger partial charge on any atom is -0.383 e. The fraction of sp³-hybridized carbons (Fsp3) is 0.346. The number of morpholine rings is 1. The molecular weight excluding hydrogens is 444 g/mol. The molecule has 9 nitrogen and oxygen atoms in total. The van der Waals surface area contributed by atoms with Crippen LogP contribution in [0.25, 0.3) is 17.0 Å². The number of rotatable bonds is 8. The second-order valence-electron chi connectivity index (χ2n) is 8.69. The van der Waals surface area contributed by atoms with Crippen molar-refractivity contribution >= 4 is 34.6 Å². The number of nitrogens with zero attached hydrogens (tertiary/aromatic N) is 4. The predicted octanol–water partition coefficient (Wildman–Crippen LogP) is 1.89. The largest absolute Gasteiger partial charge is 0.383 e. The predicted molar refractivity (Wildman–Crippen MR) is 137 cm³/mol. The number of amides is 2. The van der Waals surface area contributed by atoms with Crippen molar-refractivity contribution in [1.82, 2.24) is 24.7 Å². The van der Waals surface area contributed by atoms with Gasteiger partial charge in [-0.3, -0.25) is 14.5 Å². The fourth-order valence-electron chi connectivity index (χ4n) is 4.13. The van der Waals surface area contributed by atoms with Gasteiger partial charge < -0.3 is 25.3 Å². The molecule has 0 bridgehead atoms. The molecule has 1 fully saturated rings. The van der Waals surface area contributed by atoms with Gasteiger partial charge in [0.1, 0.15) is 5.82 Å². The maximum atomic E-state index is 12.7. The zero-order valence-electron chi connectivity index (χ0n) is 20.2. The third kappa shape index (κ3) is 6.06. The smallest absolute Gasteiger partial charge is 0.255 e. The van der Waals surface area contributed by atoms with E-state index in [2.05, 4.69) is 38.0 Å². The summed E-state index contributed by atoms with van der Waals surface area (Å²) in [5.74, 6) is -0.272. The Balaban J connectivity index is 1.35. The highest BCUT2D eigenvalue weighted by atomic mass is 16.5. The van der Waals surface area contributed by atoms with Crippen LogP contribution in [0.1, 0.15) is 21.6 Å². The van der Waals surface area contributed by atoms with E-state index in [1.54, 1.807) is 30.3 Å². The number of anilines is 1. The van der Waals surface area contributed by atoms with E-state index in [9.17, 15) is 9.59 Å². The monoisotopic (exact) mass is 476 g/mol. The molecule has 0 spiro atoms. The molecule has 0 radical (unpaired) electrons. The fourth-order valence-corrected chi connectivity index (χ4v) is 4.13. The Bertz CT molecular complexity index is 1230. The summed E-state index contributed by atoms with van der Waals surface area (Å²) in [6.07, 6.45) is 4.68. The van der Waals surface area contributed by atoms with Gasteiger partial charge in [-0.2, -0.15) is 0 Å². The van der Waals surface area contributed by atoms with Gasteiger partial charge in [0.15, 0.2) is 0 Å². The van der Waals surface area contributed by atoms with Crippen LogP contribution in [0.5, 0.6) is 0 Å². The number of aryl methyl sites for hydroxylation is 1. The van der Waals surface area contributed by atoms with Gasteiger partial charge in [0, 0.05) is 63.8 Å². The van der Waals surface area contributed by atoms with Gasteiger partial charge in [-0.15, -0.1) is 0 Å². The lowest BCUT2D eigenvalue weighted by atomic mass is 10.1. The lowest BCUT2D eigenvalue weighted by Gasteiger charge is -2.26. The topological polar surface area (TPSA) is 106 Å². The Labute approximate surface area is 205 Å². The van der Waals surface area contributed by atoms with Crippen molar-refractivity contribution in [2.45, 2.75) is 6.54 Å². The van der Waals surface area contributed by atoms with Crippen LogP contribution in [0.2, 0.25) is 0 Å². The summed E-state index contributed by atoms with van der Waals surface area (Å²) >= 11 is 0. The minimum atomic E-state index is -0.280. The van der Waals surface area contributed by atoms with Crippen molar-refractivity contribution in [2.24, 2.45) is 7.05 Å². The quantitative estimate of drug-likeness (QED) is 0.481. The molecule has 3 heterocycles. The van der Waals surface area contributed by atoms with E-state index in [0.717, 1.165) is 49.4 Å². The van der Waals surface area contributed by atoms with E-state index >= 15 is 0 Å². The van der Waals surface area contributed by atoms with Crippen LogP contribution in [-0.4, -0.2) is 77.6 Å². The van der Waals surface area contributed by atoms with Gasteiger partial charge in [0.25, 0.3) is 5.91 Å². The summed E-state index contributed by atoms with van der Waals surface area (Å²) in [6.45, 7) is 4.90. The molecule has 3 N–H and O–H groups in total. The first-order valence-corrected chi connectivity index (χ1v) is 11.7. The van der Waals surface area contributed by atoms with E-state index < -0.39 is 0 Å². The molecule has 1 saturated heterocycles. The summed E-state index contributed by atoms with van der Waals surface area (Å²) in [5, 5.41) is 4.04. The molecule has 1 aliphatic rings. The normalized spacial score (nSPS) is 14.5. The maximum absolute atomic E-state index is 12.7. The summed E-state index contributed by atoms with van der Waals surface area (Å²) in [7, 11) is 3.76. The van der Waals surface area contributed by atoms with E-state index in [4.69, 9.17) is 10.5 Å². The summed E-state index contributed by atoms with van der Waals surface area (Å²) in [5.41, 5.74) is 9.04. The number of para-hydroxylation sites is 1. The summed E-state index contributed by atoms with van der Waals surface area (Å²) < 4.78 is 7.43. The SMILES string of the molecule is CN(Cc1cc2ccccc2n1C)C(=O)C=Cc1cnc(N)c(C(=O)NCCN2CCOCC2)c1. The number of pyridine rings is 1. The van der Waals surface area contributed by atoms with E-state index in [0.29, 0.717) is 24.2 Å². The number of fused-ring (bicyclic) bond motifs is 1. The number of carbonyl (C=O) groups is 2. The molecule has 1 aliphatic heterocycles. The minimum absolute atomic E-state index is 0.149. The highest BCUT2D eigenvalue weighted by molar-refractivity contribution is 5.99. The Morgan fingerprint density at radius 2 is 2.00 bits per heavy atom. The number of ether oxygens (including phenoxy) is 1. The number of likely N-dealkylation sites (N-methyl/N-ethyl adjacent to an activating group) is 1. The van der Waals surface area contributed by atoms with Crippen LogP contribution < -0.4 is 11.1 Å². The molecule has 0 unspecified atom stereocenters. The van der Waals surface area contributed by atoms with Crippen molar-refractivity contribution in [3.8, 4) is 0 Å². The molecule has 0 aliphatic carbocycles. The number of hydrogen-bond acceptors (Lipinski definition) is 6. The van der Waals surface area contributed by atoms with Gasteiger partial charge in [0.2, 0.25) is 5.91 Å². The molecule has 1 aromatic carbocycles. The molecule has 184 valence electrons. The molecular formula is C26H32N6O3. The highest BCUT2D eigenvalue weighted by Crippen LogP contribution is 2.19. The van der Waals surface area contributed by atoms with E-state index in [-0.39, 0.29) is 17.6 Å². The summed E-state index contributed by atoms with van der Waals surface area (Å²) in [6, 6.07) is 11.9. The lowest BCUT2D eigenvalue weighted by molar-refractivity contribution is -0.125. The molecule has 0 saturated carbocycles. The van der Waals surface area contributed by atoms with Crippen molar-refractivity contribution < 1.29 is 14.3 Å². The van der Waals surface area contributed by atoms with Gasteiger partial charge >= 0.3 is 0 Å². The first-order chi connectivity index (χ1) is 16.9. The van der Waals surface area contributed by atoms with Gasteiger partial charge in [0.05, 0.1) is 25.3 Å². The lowest BCUT2D eigenvalue weighted by Crippen LogP contribution is -2.41. The standard InChI is InChI=1S/C26H32N6O3/c1-30(18-21-16-20-5-3-4-6-23(20)31(21)2)24(33)8-7-19-15-22(25(27)29-17-19)26(34)28-9-10-32-11-13-35-14-12-32/h3-8,15-17H,9-14,18H2,1-2H3,(H2,27,29)(H,28,34). The first kappa shape index (κ1) is 24.4. The van der Waals surface area contributed by atoms with Crippen LogP contribution in [-0.2, 0) is 23.1 Å². The second-order valence-corrected chi connectivity index (χ2v) is 8.69. The number of nitrogens with two attached hydrogens (primary N) is 1. The third-order valence-electron chi connectivity index (χ3n) is 6.25. The average molecular weight is 477 g/mol. The third-order valence-corrected chi connectivity index (χ3v) is 6.25. The Morgan fingerprint density at radius 3 is 2.77 bits per heavy atom. The molecule has 0 atom stereocenters. The molecule has 3 aromatic rings. The Hall–Kier alpha value is -3.69. The van der Waals surface area contributed by atoms with E-state index in [1.807, 2.05) is 19.2 Å². The number of aromatic nitrogens is 2. The zero-order chi connectivity index (χ0) is 24.8. The first-order valence-electron chi connectivity index (χ1n) is 11.7. The van der Waals surface area contributed by atoms with Crippen LogP contribution in [0, 0.1) is 0 Å². The van der Waals surface area contributed by atoms with Crippen LogP contribution in [0.4, 0.5) is 5.82 Å². The van der Waals surface area contributed by atoms with Crippen molar-refractivity contribution in [2.75, 3.05) is 52.2 Å². The Kier molecular flexibility index (Phi) is 7.79. The number of carbonyl (C=O) groups excluding carboxylic acids is 2. The van der Waals surface area contributed by atoms with Crippen LogP contribution in [0.15, 0.2) is 48.7 Å². The van der Waals surface area contributed by atoms with Crippen LogP contribution in [0.3, 0.4) is 0 Å². The summed E-state index contributed by atoms with van der Waals surface area (Å²) in [4.78, 5) is 33.4. The number of hydrogen-bond donors (Lipinski definition) is 2. The molecule has 2 aromatic heterocycles. The highest BCUT2D eigenvalue weighted by Gasteiger charge is 2.14. The van der Waals surface area contributed by atoms with Crippen LogP contribution >= 0.6 is 0 Å². The molecule has 9 heteroatoms. The molecule has 35 heavy (non-hydrogen) atoms. The maximum Gasteiger partial charge on any atom is 0.255 e. The number of nitrogens with one attached hydrogen (secondary N) is 1. The van der Waals surface area contributed by atoms with Crippen molar-refractivity contribution in [1.29, 1.82) is 0 Å². The van der Waals surface area contributed by atoms with Crippen molar-refractivity contribution in [3.63, 3.8) is 0 Å².